The molecular weight excluding hydrogens is 337 g/mol. The maximum Gasteiger partial charge on any atom is 0.255 e. The van der Waals surface area contributed by atoms with Crippen molar-refractivity contribution in [3.8, 4) is 0 Å². The van der Waals surface area contributed by atoms with E-state index in [2.05, 4.69) is 21.2 Å². The molecule has 2 aromatic rings. The summed E-state index contributed by atoms with van der Waals surface area (Å²) in [5.74, 6) is -0.230. The van der Waals surface area contributed by atoms with Gasteiger partial charge in [0, 0.05) is 15.1 Å². The van der Waals surface area contributed by atoms with Gasteiger partial charge in [0.25, 0.3) is 5.91 Å². The molecule has 0 unspecified atom stereocenters. The fourth-order valence-corrected chi connectivity index (χ4v) is 2.04. The first-order valence-corrected chi connectivity index (χ1v) is 6.63. The van der Waals surface area contributed by atoms with E-state index in [0.29, 0.717) is 21.3 Å². The molecule has 0 heterocycles. The lowest BCUT2D eigenvalue weighted by Gasteiger charge is -2.07. The standard InChI is InChI=1S/C13H8BrCl2NO/c14-9-3-6-11(16)12(7-9)17-13(18)8-1-4-10(15)5-2-8/h1-7H,(H,17,18). The van der Waals surface area contributed by atoms with E-state index < -0.39 is 0 Å². The fraction of sp³-hybridized carbons (Fsp3) is 0. The zero-order valence-electron chi connectivity index (χ0n) is 9.08. The second-order valence-electron chi connectivity index (χ2n) is 3.59. The molecule has 0 fully saturated rings. The van der Waals surface area contributed by atoms with Gasteiger partial charge in [0.2, 0.25) is 0 Å². The minimum Gasteiger partial charge on any atom is -0.321 e. The van der Waals surface area contributed by atoms with Gasteiger partial charge in [-0.05, 0) is 42.5 Å². The highest BCUT2D eigenvalue weighted by Gasteiger charge is 2.08. The molecule has 0 aliphatic heterocycles. The number of halogens is 3. The molecule has 2 nitrogen and oxygen atoms in total. The Kier molecular flexibility index (Phi) is 4.27. The monoisotopic (exact) mass is 343 g/mol. The highest BCUT2D eigenvalue weighted by atomic mass is 79.9. The van der Waals surface area contributed by atoms with Gasteiger partial charge in [-0.2, -0.15) is 0 Å². The van der Waals surface area contributed by atoms with Crippen LogP contribution in [-0.2, 0) is 0 Å². The van der Waals surface area contributed by atoms with Crippen LogP contribution < -0.4 is 5.32 Å². The van der Waals surface area contributed by atoms with Crippen molar-refractivity contribution >= 4 is 50.7 Å². The molecule has 0 saturated heterocycles. The van der Waals surface area contributed by atoms with E-state index in [1.807, 2.05) is 0 Å². The van der Waals surface area contributed by atoms with Crippen LogP contribution in [0.3, 0.4) is 0 Å². The second-order valence-corrected chi connectivity index (χ2v) is 5.34. The lowest BCUT2D eigenvalue weighted by atomic mass is 10.2. The summed E-state index contributed by atoms with van der Waals surface area (Å²) in [7, 11) is 0. The third kappa shape index (κ3) is 3.25. The van der Waals surface area contributed by atoms with Crippen molar-refractivity contribution in [2.75, 3.05) is 5.32 Å². The number of benzene rings is 2. The van der Waals surface area contributed by atoms with Crippen LogP contribution >= 0.6 is 39.1 Å². The molecule has 0 aliphatic rings. The van der Waals surface area contributed by atoms with E-state index in [-0.39, 0.29) is 5.91 Å². The average molecular weight is 345 g/mol. The number of hydrogen-bond acceptors (Lipinski definition) is 1. The molecule has 0 radical (unpaired) electrons. The summed E-state index contributed by atoms with van der Waals surface area (Å²) in [5, 5.41) is 3.82. The Morgan fingerprint density at radius 2 is 1.72 bits per heavy atom. The van der Waals surface area contributed by atoms with Crippen LogP contribution in [0.2, 0.25) is 10.0 Å². The second kappa shape index (κ2) is 5.74. The maximum absolute atomic E-state index is 12.0. The summed E-state index contributed by atoms with van der Waals surface area (Å²) >= 11 is 15.1. The van der Waals surface area contributed by atoms with Crippen molar-refractivity contribution in [3.05, 3.63) is 62.5 Å². The van der Waals surface area contributed by atoms with Crippen molar-refractivity contribution in [1.82, 2.24) is 0 Å². The summed E-state index contributed by atoms with van der Waals surface area (Å²) < 4.78 is 0.846. The number of nitrogens with one attached hydrogen (secondary N) is 1. The molecule has 5 heteroatoms. The highest BCUT2D eigenvalue weighted by molar-refractivity contribution is 9.10. The van der Waals surface area contributed by atoms with Gasteiger partial charge < -0.3 is 5.32 Å². The topological polar surface area (TPSA) is 29.1 Å². The Morgan fingerprint density at radius 1 is 1.06 bits per heavy atom. The molecule has 2 rings (SSSR count). The minimum atomic E-state index is -0.230. The first-order valence-electron chi connectivity index (χ1n) is 5.08. The number of carbonyl (C=O) groups is 1. The van der Waals surface area contributed by atoms with Crippen molar-refractivity contribution in [2.24, 2.45) is 0 Å². The molecule has 18 heavy (non-hydrogen) atoms. The van der Waals surface area contributed by atoms with E-state index in [4.69, 9.17) is 23.2 Å². The van der Waals surface area contributed by atoms with Crippen molar-refractivity contribution < 1.29 is 4.79 Å². The molecule has 0 bridgehead atoms. The molecule has 92 valence electrons. The van der Waals surface area contributed by atoms with Crippen molar-refractivity contribution in [2.45, 2.75) is 0 Å². The predicted octanol–water partition coefficient (Wildman–Crippen LogP) is 5.01. The molecule has 1 N–H and O–H groups in total. The van der Waals surface area contributed by atoms with Crippen molar-refractivity contribution in [3.63, 3.8) is 0 Å². The largest absolute Gasteiger partial charge is 0.321 e. The Hall–Kier alpha value is -1.03. The van der Waals surface area contributed by atoms with Gasteiger partial charge in [0.1, 0.15) is 0 Å². The normalized spacial score (nSPS) is 10.2. The van der Waals surface area contributed by atoms with Gasteiger partial charge in [0.05, 0.1) is 10.7 Å². The van der Waals surface area contributed by atoms with E-state index >= 15 is 0 Å². The van der Waals surface area contributed by atoms with Crippen molar-refractivity contribution in [1.29, 1.82) is 0 Å². The Balaban J connectivity index is 2.21. The smallest absolute Gasteiger partial charge is 0.255 e. The summed E-state index contributed by atoms with van der Waals surface area (Å²) in [6.45, 7) is 0. The highest BCUT2D eigenvalue weighted by Crippen LogP contribution is 2.26. The van der Waals surface area contributed by atoms with Gasteiger partial charge in [-0.25, -0.2) is 0 Å². The van der Waals surface area contributed by atoms with Crippen LogP contribution in [0, 0.1) is 0 Å². The van der Waals surface area contributed by atoms with Crippen LogP contribution in [0.25, 0.3) is 0 Å². The summed E-state index contributed by atoms with van der Waals surface area (Å²) in [6.07, 6.45) is 0. The zero-order chi connectivity index (χ0) is 13.1. The average Bonchev–Trinajstić information content (AvgIpc) is 2.34. The molecule has 0 spiro atoms. The van der Waals surface area contributed by atoms with E-state index in [0.717, 1.165) is 4.47 Å². The zero-order valence-corrected chi connectivity index (χ0v) is 12.2. The SMILES string of the molecule is O=C(Nc1cc(Br)ccc1Cl)c1ccc(Cl)cc1. The lowest BCUT2D eigenvalue weighted by molar-refractivity contribution is 0.102. The van der Waals surface area contributed by atoms with Crippen LogP contribution in [0.15, 0.2) is 46.9 Å². The molecule has 0 saturated carbocycles. The third-order valence-electron chi connectivity index (χ3n) is 2.28. The lowest BCUT2D eigenvalue weighted by Crippen LogP contribution is -2.11. The molecule has 0 atom stereocenters. The molecule has 0 aliphatic carbocycles. The van der Waals surface area contributed by atoms with E-state index in [1.54, 1.807) is 42.5 Å². The van der Waals surface area contributed by atoms with Gasteiger partial charge >= 0.3 is 0 Å². The number of hydrogen-bond donors (Lipinski definition) is 1. The fourth-order valence-electron chi connectivity index (χ4n) is 1.39. The van der Waals surface area contributed by atoms with E-state index in [9.17, 15) is 4.79 Å². The Morgan fingerprint density at radius 3 is 2.39 bits per heavy atom. The minimum absolute atomic E-state index is 0.230. The van der Waals surface area contributed by atoms with Gasteiger partial charge in [-0.1, -0.05) is 39.1 Å². The van der Waals surface area contributed by atoms with Gasteiger partial charge in [0.15, 0.2) is 0 Å². The van der Waals surface area contributed by atoms with Crippen LogP contribution in [0.1, 0.15) is 10.4 Å². The van der Waals surface area contributed by atoms with Crippen LogP contribution in [0.5, 0.6) is 0 Å². The third-order valence-corrected chi connectivity index (χ3v) is 3.36. The Bertz CT molecular complexity index is 584. The van der Waals surface area contributed by atoms with Crippen LogP contribution in [0.4, 0.5) is 5.69 Å². The van der Waals surface area contributed by atoms with Crippen LogP contribution in [-0.4, -0.2) is 5.91 Å². The number of anilines is 1. The molecule has 0 aromatic heterocycles. The first kappa shape index (κ1) is 13.4. The Labute approximate surface area is 123 Å². The summed E-state index contributed by atoms with van der Waals surface area (Å²) in [6, 6.07) is 11.9. The molecule has 2 aromatic carbocycles. The predicted molar refractivity (Wildman–Crippen MR) is 78.6 cm³/mol. The quantitative estimate of drug-likeness (QED) is 0.815. The molecular formula is C13H8BrCl2NO. The van der Waals surface area contributed by atoms with Gasteiger partial charge in [-0.3, -0.25) is 4.79 Å². The van der Waals surface area contributed by atoms with E-state index in [1.165, 1.54) is 0 Å². The molecule has 1 amide bonds. The van der Waals surface area contributed by atoms with Gasteiger partial charge in [-0.15, -0.1) is 0 Å². The summed E-state index contributed by atoms with van der Waals surface area (Å²) in [4.78, 5) is 12.0. The first-order chi connectivity index (χ1) is 8.56. The number of amides is 1. The number of carbonyl (C=O) groups excluding carboxylic acids is 1. The summed E-state index contributed by atoms with van der Waals surface area (Å²) in [5.41, 5.74) is 1.08. The maximum atomic E-state index is 12.0. The number of rotatable bonds is 2.